The highest BCUT2D eigenvalue weighted by Gasteiger charge is 2.21. The van der Waals surface area contributed by atoms with Crippen molar-refractivity contribution < 1.29 is 18.6 Å². The first kappa shape index (κ1) is 12.0. The number of sulfone groups is 1. The number of hydrogen-bond donors (Lipinski definition) is 3. The Kier molecular flexibility index (Phi) is 3.33. The van der Waals surface area contributed by atoms with Gasteiger partial charge in [-0.3, -0.25) is 0 Å². The van der Waals surface area contributed by atoms with Gasteiger partial charge in [0.1, 0.15) is 5.75 Å². The molecule has 0 saturated heterocycles. The average Bonchev–Trinajstić information content (AvgIpc) is 2.15. The Balaban J connectivity index is 3.47. The van der Waals surface area contributed by atoms with Gasteiger partial charge in [0.25, 0.3) is 0 Å². The number of aliphatic hydroxyl groups excluding tert-OH is 1. The lowest BCUT2D eigenvalue weighted by Crippen LogP contribution is -2.15. The summed E-state index contributed by atoms with van der Waals surface area (Å²) in [5.74, 6) is -0.268. The number of phenols is 1. The Morgan fingerprint density at radius 1 is 1.47 bits per heavy atom. The van der Waals surface area contributed by atoms with Crippen LogP contribution in [0.15, 0.2) is 23.1 Å². The molecule has 1 rings (SSSR count). The van der Waals surface area contributed by atoms with E-state index in [1.165, 1.54) is 18.2 Å². The van der Waals surface area contributed by atoms with Crippen molar-refractivity contribution in [3.63, 3.8) is 0 Å². The first-order chi connectivity index (χ1) is 6.88. The van der Waals surface area contributed by atoms with E-state index in [0.717, 1.165) is 6.26 Å². The standard InChI is InChI=1S/C9H13NO4S/c1-15(13,14)8-4-2-3-6(11)9(8)7(12)5-10/h2-4,7,11-12H,5,10H2,1H3. The van der Waals surface area contributed by atoms with E-state index in [1.807, 2.05) is 0 Å². The molecule has 1 unspecified atom stereocenters. The first-order valence-corrected chi connectivity index (χ1v) is 6.17. The van der Waals surface area contributed by atoms with Crippen LogP contribution in [0.5, 0.6) is 5.75 Å². The monoisotopic (exact) mass is 231 g/mol. The van der Waals surface area contributed by atoms with Crippen LogP contribution in [0.3, 0.4) is 0 Å². The van der Waals surface area contributed by atoms with Crippen LogP contribution in [-0.2, 0) is 9.84 Å². The zero-order valence-electron chi connectivity index (χ0n) is 8.21. The van der Waals surface area contributed by atoms with E-state index in [4.69, 9.17) is 5.73 Å². The number of aromatic hydroxyl groups is 1. The van der Waals surface area contributed by atoms with Gasteiger partial charge >= 0.3 is 0 Å². The topological polar surface area (TPSA) is 101 Å². The summed E-state index contributed by atoms with van der Waals surface area (Å²) in [5.41, 5.74) is 5.19. The average molecular weight is 231 g/mol. The Morgan fingerprint density at radius 2 is 2.07 bits per heavy atom. The van der Waals surface area contributed by atoms with Crippen molar-refractivity contribution in [2.45, 2.75) is 11.0 Å². The molecular weight excluding hydrogens is 218 g/mol. The van der Waals surface area contributed by atoms with Crippen molar-refractivity contribution >= 4 is 9.84 Å². The van der Waals surface area contributed by atoms with Crippen LogP contribution in [-0.4, -0.2) is 31.4 Å². The van der Waals surface area contributed by atoms with Crippen molar-refractivity contribution in [3.8, 4) is 5.75 Å². The Morgan fingerprint density at radius 3 is 2.53 bits per heavy atom. The number of aliphatic hydroxyl groups is 1. The number of rotatable bonds is 3. The summed E-state index contributed by atoms with van der Waals surface area (Å²) in [6.45, 7) is -0.153. The molecule has 0 aliphatic heterocycles. The second-order valence-electron chi connectivity index (χ2n) is 3.21. The highest BCUT2D eigenvalue weighted by atomic mass is 32.2. The summed E-state index contributed by atoms with van der Waals surface area (Å²) in [4.78, 5) is -0.0968. The van der Waals surface area contributed by atoms with E-state index in [-0.39, 0.29) is 22.8 Å². The van der Waals surface area contributed by atoms with Gasteiger partial charge in [0.05, 0.1) is 11.0 Å². The molecule has 0 aromatic heterocycles. The fourth-order valence-electron chi connectivity index (χ4n) is 1.31. The van der Waals surface area contributed by atoms with E-state index in [2.05, 4.69) is 0 Å². The summed E-state index contributed by atoms with van der Waals surface area (Å²) in [7, 11) is -3.49. The molecule has 6 heteroatoms. The summed E-state index contributed by atoms with van der Waals surface area (Å²) in [6, 6.07) is 4.03. The van der Waals surface area contributed by atoms with Crippen molar-refractivity contribution in [2.75, 3.05) is 12.8 Å². The largest absolute Gasteiger partial charge is 0.508 e. The minimum absolute atomic E-state index is 0.0394. The fraction of sp³-hybridized carbons (Fsp3) is 0.333. The second-order valence-corrected chi connectivity index (χ2v) is 5.20. The second kappa shape index (κ2) is 4.18. The summed E-state index contributed by atoms with van der Waals surface area (Å²) in [6.07, 6.45) is -0.176. The molecule has 0 aliphatic rings. The summed E-state index contributed by atoms with van der Waals surface area (Å²) in [5, 5.41) is 19.0. The van der Waals surface area contributed by atoms with Crippen LogP contribution in [0.1, 0.15) is 11.7 Å². The predicted octanol–water partition coefficient (Wildman–Crippen LogP) is -0.212. The van der Waals surface area contributed by atoms with E-state index >= 15 is 0 Å². The highest BCUT2D eigenvalue weighted by Crippen LogP contribution is 2.30. The molecule has 0 spiro atoms. The number of benzene rings is 1. The van der Waals surface area contributed by atoms with Crippen LogP contribution in [0.2, 0.25) is 0 Å². The maximum Gasteiger partial charge on any atom is 0.176 e. The maximum atomic E-state index is 11.4. The van der Waals surface area contributed by atoms with Crippen molar-refractivity contribution in [3.05, 3.63) is 23.8 Å². The maximum absolute atomic E-state index is 11.4. The molecule has 0 radical (unpaired) electrons. The van der Waals surface area contributed by atoms with Crippen LogP contribution in [0.4, 0.5) is 0 Å². The molecule has 0 amide bonds. The van der Waals surface area contributed by atoms with Gasteiger partial charge in [-0.15, -0.1) is 0 Å². The van der Waals surface area contributed by atoms with Crippen LogP contribution in [0, 0.1) is 0 Å². The number of hydrogen-bond acceptors (Lipinski definition) is 5. The van der Waals surface area contributed by atoms with Crippen molar-refractivity contribution in [1.29, 1.82) is 0 Å². The number of nitrogens with two attached hydrogens (primary N) is 1. The smallest absolute Gasteiger partial charge is 0.176 e. The van der Waals surface area contributed by atoms with E-state index < -0.39 is 15.9 Å². The van der Waals surface area contributed by atoms with Gasteiger partial charge in [-0.25, -0.2) is 8.42 Å². The van der Waals surface area contributed by atoms with E-state index in [0.29, 0.717) is 0 Å². The molecular formula is C9H13NO4S. The van der Waals surface area contributed by atoms with Crippen molar-refractivity contribution in [1.82, 2.24) is 0 Å². The molecule has 0 heterocycles. The zero-order valence-corrected chi connectivity index (χ0v) is 9.03. The quantitative estimate of drug-likeness (QED) is 0.668. The normalized spacial score (nSPS) is 13.8. The van der Waals surface area contributed by atoms with Gasteiger partial charge in [-0.2, -0.15) is 0 Å². The van der Waals surface area contributed by atoms with E-state index in [9.17, 15) is 18.6 Å². The van der Waals surface area contributed by atoms with E-state index in [1.54, 1.807) is 0 Å². The van der Waals surface area contributed by atoms with Crippen LogP contribution < -0.4 is 5.73 Å². The third-order valence-electron chi connectivity index (χ3n) is 2.00. The third-order valence-corrected chi connectivity index (χ3v) is 3.15. The lowest BCUT2D eigenvalue weighted by Gasteiger charge is -2.14. The lowest BCUT2D eigenvalue weighted by molar-refractivity contribution is 0.179. The van der Waals surface area contributed by atoms with Gasteiger partial charge in [0.2, 0.25) is 0 Å². The minimum Gasteiger partial charge on any atom is -0.508 e. The molecule has 5 nitrogen and oxygen atoms in total. The predicted molar refractivity (Wildman–Crippen MR) is 55.2 cm³/mol. The summed E-state index contributed by atoms with van der Waals surface area (Å²) < 4.78 is 22.7. The van der Waals surface area contributed by atoms with Gasteiger partial charge in [-0.1, -0.05) is 6.07 Å². The van der Waals surface area contributed by atoms with Gasteiger partial charge in [-0.05, 0) is 12.1 Å². The van der Waals surface area contributed by atoms with Gasteiger partial charge in [0.15, 0.2) is 9.84 Å². The SMILES string of the molecule is CS(=O)(=O)c1cccc(O)c1C(O)CN. The van der Waals surface area contributed by atoms with Crippen LogP contribution >= 0.6 is 0 Å². The Bertz CT molecular complexity index is 455. The van der Waals surface area contributed by atoms with Crippen LogP contribution in [0.25, 0.3) is 0 Å². The molecule has 1 aromatic carbocycles. The fourth-order valence-corrected chi connectivity index (χ4v) is 2.27. The van der Waals surface area contributed by atoms with Gasteiger partial charge < -0.3 is 15.9 Å². The molecule has 0 aliphatic carbocycles. The Labute approximate surface area is 88.1 Å². The molecule has 1 aromatic rings. The van der Waals surface area contributed by atoms with Gasteiger partial charge in [0, 0.05) is 18.4 Å². The number of phenolic OH excluding ortho intramolecular Hbond substituents is 1. The third kappa shape index (κ3) is 2.47. The molecule has 1 atom stereocenters. The highest BCUT2D eigenvalue weighted by molar-refractivity contribution is 7.90. The molecule has 84 valence electrons. The minimum atomic E-state index is -3.49. The zero-order chi connectivity index (χ0) is 11.6. The first-order valence-electron chi connectivity index (χ1n) is 4.28. The molecule has 15 heavy (non-hydrogen) atoms. The molecule has 0 fully saturated rings. The van der Waals surface area contributed by atoms with Crippen molar-refractivity contribution in [2.24, 2.45) is 5.73 Å². The molecule has 0 bridgehead atoms. The lowest BCUT2D eigenvalue weighted by atomic mass is 10.1. The summed E-state index contributed by atoms with van der Waals surface area (Å²) >= 11 is 0. The molecule has 4 N–H and O–H groups in total. The Hall–Kier alpha value is -1.11. The molecule has 0 saturated carbocycles.